The van der Waals surface area contributed by atoms with Crippen molar-refractivity contribution in [2.75, 3.05) is 20.2 Å². The molecular formula is C11H22N2O2. The number of urea groups is 1. The monoisotopic (exact) mass is 214 g/mol. The number of nitrogens with zero attached hydrogens (tertiary/aromatic N) is 1. The number of likely N-dealkylation sites (N-methyl/N-ethyl adjacent to an activating group) is 1. The Morgan fingerprint density at radius 1 is 1.53 bits per heavy atom. The molecular weight excluding hydrogens is 192 g/mol. The van der Waals surface area contributed by atoms with Gasteiger partial charge in [0.2, 0.25) is 0 Å². The molecule has 2 unspecified atom stereocenters. The Balaban J connectivity index is 2.30. The van der Waals surface area contributed by atoms with Crippen LogP contribution >= 0.6 is 0 Å². The van der Waals surface area contributed by atoms with Gasteiger partial charge in [-0.25, -0.2) is 4.79 Å². The maximum atomic E-state index is 11.6. The molecule has 0 aromatic rings. The lowest BCUT2D eigenvalue weighted by molar-refractivity contribution is 0.181. The number of hydrogen-bond donors (Lipinski definition) is 2. The minimum Gasteiger partial charge on any atom is -0.395 e. The number of nitrogens with one attached hydrogen (secondary N) is 1. The fourth-order valence-corrected chi connectivity index (χ4v) is 2.10. The van der Waals surface area contributed by atoms with Crippen molar-refractivity contribution < 1.29 is 9.90 Å². The van der Waals surface area contributed by atoms with E-state index in [9.17, 15) is 4.79 Å². The first-order valence-corrected chi connectivity index (χ1v) is 5.76. The number of aliphatic hydroxyl groups is 1. The highest BCUT2D eigenvalue weighted by molar-refractivity contribution is 5.74. The summed E-state index contributed by atoms with van der Waals surface area (Å²) < 4.78 is 0. The van der Waals surface area contributed by atoms with Crippen LogP contribution in [-0.2, 0) is 0 Å². The van der Waals surface area contributed by atoms with Gasteiger partial charge in [-0.3, -0.25) is 0 Å². The Hall–Kier alpha value is -0.770. The fraction of sp³-hybridized carbons (Fsp3) is 0.909. The van der Waals surface area contributed by atoms with Gasteiger partial charge in [0.25, 0.3) is 0 Å². The van der Waals surface area contributed by atoms with E-state index in [4.69, 9.17) is 5.11 Å². The molecule has 1 fully saturated rings. The van der Waals surface area contributed by atoms with Gasteiger partial charge in [0, 0.05) is 19.6 Å². The largest absolute Gasteiger partial charge is 0.395 e. The molecule has 0 radical (unpaired) electrons. The van der Waals surface area contributed by atoms with Crippen LogP contribution in [-0.4, -0.2) is 42.3 Å². The van der Waals surface area contributed by atoms with Crippen LogP contribution in [0.15, 0.2) is 0 Å². The maximum absolute atomic E-state index is 11.6. The molecule has 0 aliphatic heterocycles. The number of rotatable bonds is 3. The second kappa shape index (κ2) is 5.95. The maximum Gasteiger partial charge on any atom is 0.317 e. The van der Waals surface area contributed by atoms with Gasteiger partial charge < -0.3 is 15.3 Å². The zero-order valence-corrected chi connectivity index (χ0v) is 9.70. The SMILES string of the molecule is CC1CCCC(NC(=O)N(C)CCO)C1. The molecule has 0 spiro atoms. The topological polar surface area (TPSA) is 52.6 Å². The van der Waals surface area contributed by atoms with Gasteiger partial charge >= 0.3 is 6.03 Å². The molecule has 1 saturated carbocycles. The summed E-state index contributed by atoms with van der Waals surface area (Å²) in [4.78, 5) is 13.1. The van der Waals surface area contributed by atoms with E-state index in [1.807, 2.05) is 0 Å². The van der Waals surface area contributed by atoms with Crippen LogP contribution in [0.3, 0.4) is 0 Å². The van der Waals surface area contributed by atoms with Crippen molar-refractivity contribution in [3.8, 4) is 0 Å². The highest BCUT2D eigenvalue weighted by Crippen LogP contribution is 2.23. The van der Waals surface area contributed by atoms with E-state index in [-0.39, 0.29) is 12.6 Å². The van der Waals surface area contributed by atoms with Crippen LogP contribution in [0.4, 0.5) is 4.79 Å². The molecule has 1 aliphatic carbocycles. The van der Waals surface area contributed by atoms with Crippen molar-refractivity contribution >= 4 is 6.03 Å². The summed E-state index contributed by atoms with van der Waals surface area (Å²) in [5, 5.41) is 11.7. The Morgan fingerprint density at radius 3 is 2.87 bits per heavy atom. The van der Waals surface area contributed by atoms with Crippen LogP contribution in [0.2, 0.25) is 0 Å². The number of hydrogen-bond acceptors (Lipinski definition) is 2. The molecule has 0 aromatic carbocycles. The van der Waals surface area contributed by atoms with E-state index in [1.165, 1.54) is 17.7 Å². The van der Waals surface area contributed by atoms with E-state index >= 15 is 0 Å². The molecule has 0 bridgehead atoms. The minimum absolute atomic E-state index is 0.0188. The smallest absolute Gasteiger partial charge is 0.317 e. The van der Waals surface area contributed by atoms with Crippen molar-refractivity contribution in [3.63, 3.8) is 0 Å². The van der Waals surface area contributed by atoms with Gasteiger partial charge in [0.15, 0.2) is 0 Å². The molecule has 2 atom stereocenters. The molecule has 4 nitrogen and oxygen atoms in total. The summed E-state index contributed by atoms with van der Waals surface area (Å²) in [6, 6.07) is 0.255. The van der Waals surface area contributed by atoms with Crippen molar-refractivity contribution in [2.45, 2.75) is 38.6 Å². The summed E-state index contributed by atoms with van der Waals surface area (Å²) in [6.45, 7) is 2.65. The van der Waals surface area contributed by atoms with Crippen LogP contribution in [0.25, 0.3) is 0 Å². The van der Waals surface area contributed by atoms with Gasteiger partial charge in [-0.1, -0.05) is 19.8 Å². The summed E-state index contributed by atoms with van der Waals surface area (Å²) in [7, 11) is 1.71. The highest BCUT2D eigenvalue weighted by Gasteiger charge is 2.21. The Bertz CT molecular complexity index is 209. The molecule has 88 valence electrons. The van der Waals surface area contributed by atoms with Crippen LogP contribution in [0.1, 0.15) is 32.6 Å². The predicted molar refractivity (Wildman–Crippen MR) is 59.7 cm³/mol. The molecule has 4 heteroatoms. The van der Waals surface area contributed by atoms with Crippen molar-refractivity contribution in [3.05, 3.63) is 0 Å². The van der Waals surface area contributed by atoms with E-state index in [0.717, 1.165) is 12.8 Å². The zero-order valence-electron chi connectivity index (χ0n) is 9.70. The van der Waals surface area contributed by atoms with Gasteiger partial charge in [0.05, 0.1) is 6.61 Å². The van der Waals surface area contributed by atoms with E-state index < -0.39 is 0 Å². The predicted octanol–water partition coefficient (Wildman–Crippen LogP) is 1.20. The molecule has 15 heavy (non-hydrogen) atoms. The zero-order chi connectivity index (χ0) is 11.3. The summed E-state index contributed by atoms with van der Waals surface area (Å²) >= 11 is 0. The number of carbonyl (C=O) groups excluding carboxylic acids is 1. The quantitative estimate of drug-likeness (QED) is 0.741. The van der Waals surface area contributed by atoms with Crippen LogP contribution in [0.5, 0.6) is 0 Å². The summed E-state index contributed by atoms with van der Waals surface area (Å²) in [6.07, 6.45) is 4.65. The van der Waals surface area contributed by atoms with Gasteiger partial charge in [0.1, 0.15) is 0 Å². The highest BCUT2D eigenvalue weighted by atomic mass is 16.3. The second-order valence-electron chi connectivity index (χ2n) is 4.56. The fourth-order valence-electron chi connectivity index (χ4n) is 2.10. The third-order valence-electron chi connectivity index (χ3n) is 3.05. The lowest BCUT2D eigenvalue weighted by Gasteiger charge is -2.29. The number of amides is 2. The summed E-state index contributed by atoms with van der Waals surface area (Å²) in [5.74, 6) is 0.715. The first-order valence-electron chi connectivity index (χ1n) is 5.76. The first-order chi connectivity index (χ1) is 7.13. The van der Waals surface area contributed by atoms with Gasteiger partial charge in [-0.15, -0.1) is 0 Å². The van der Waals surface area contributed by atoms with Crippen LogP contribution in [0, 0.1) is 5.92 Å². The third kappa shape index (κ3) is 4.08. The first kappa shape index (κ1) is 12.3. The number of carbonyl (C=O) groups is 1. The Kier molecular flexibility index (Phi) is 4.88. The van der Waals surface area contributed by atoms with Crippen LogP contribution < -0.4 is 5.32 Å². The molecule has 1 rings (SSSR count). The average molecular weight is 214 g/mol. The van der Waals surface area contributed by atoms with E-state index in [1.54, 1.807) is 7.05 Å². The van der Waals surface area contributed by atoms with Gasteiger partial charge in [-0.05, 0) is 18.8 Å². The third-order valence-corrected chi connectivity index (χ3v) is 3.05. The van der Waals surface area contributed by atoms with Crippen molar-refractivity contribution in [1.29, 1.82) is 0 Å². The lowest BCUT2D eigenvalue weighted by atomic mass is 9.87. The molecule has 2 amide bonds. The van der Waals surface area contributed by atoms with Crippen molar-refractivity contribution in [1.82, 2.24) is 10.2 Å². The summed E-state index contributed by atoms with van der Waals surface area (Å²) in [5.41, 5.74) is 0. The lowest BCUT2D eigenvalue weighted by Crippen LogP contribution is -2.45. The molecule has 0 aromatic heterocycles. The molecule has 0 saturated heterocycles. The normalized spacial score (nSPS) is 26.1. The molecule has 2 N–H and O–H groups in total. The van der Waals surface area contributed by atoms with Gasteiger partial charge in [-0.2, -0.15) is 0 Å². The second-order valence-corrected chi connectivity index (χ2v) is 4.56. The Morgan fingerprint density at radius 2 is 2.27 bits per heavy atom. The van der Waals surface area contributed by atoms with E-state index in [0.29, 0.717) is 18.5 Å². The Labute approximate surface area is 91.6 Å². The molecule has 0 heterocycles. The molecule has 1 aliphatic rings. The minimum atomic E-state index is -0.0665. The van der Waals surface area contributed by atoms with E-state index in [2.05, 4.69) is 12.2 Å². The van der Waals surface area contributed by atoms with Crippen molar-refractivity contribution in [2.24, 2.45) is 5.92 Å². The number of aliphatic hydroxyl groups excluding tert-OH is 1. The average Bonchev–Trinajstić information content (AvgIpc) is 2.18. The standard InChI is InChI=1S/C11H22N2O2/c1-9-4-3-5-10(8-9)12-11(15)13(2)6-7-14/h9-10,14H,3-8H2,1-2H3,(H,12,15).